The second kappa shape index (κ2) is 7.48. The first-order chi connectivity index (χ1) is 10.2. The Morgan fingerprint density at radius 3 is 2.43 bits per heavy atom. The summed E-state index contributed by atoms with van der Waals surface area (Å²) >= 11 is 0. The topological polar surface area (TPSA) is 38.3 Å². The third-order valence-corrected chi connectivity index (χ3v) is 3.49. The van der Waals surface area contributed by atoms with Crippen molar-refractivity contribution in [1.29, 1.82) is 0 Å². The van der Waals surface area contributed by atoms with Gasteiger partial charge in [0, 0.05) is 5.56 Å². The van der Waals surface area contributed by atoms with Gasteiger partial charge >= 0.3 is 0 Å². The van der Waals surface area contributed by atoms with Gasteiger partial charge in [0.25, 0.3) is 0 Å². The molecule has 1 unspecified atom stereocenters. The lowest BCUT2D eigenvalue weighted by Crippen LogP contribution is -2.29. The molecule has 0 radical (unpaired) electrons. The van der Waals surface area contributed by atoms with Gasteiger partial charge in [-0.1, -0.05) is 55.5 Å². The minimum atomic E-state index is 0.00945. The van der Waals surface area contributed by atoms with Crippen LogP contribution in [0.5, 0.6) is 5.75 Å². The van der Waals surface area contributed by atoms with E-state index in [-0.39, 0.29) is 11.9 Å². The molecule has 110 valence electrons. The molecule has 0 fully saturated rings. The number of carbonyl (C=O) groups is 1. The van der Waals surface area contributed by atoms with Crippen molar-refractivity contribution in [2.45, 2.75) is 25.8 Å². The summed E-state index contributed by atoms with van der Waals surface area (Å²) < 4.78 is 5.28. The first-order valence-corrected chi connectivity index (χ1v) is 7.20. The van der Waals surface area contributed by atoms with Crippen LogP contribution in [0, 0.1) is 0 Å². The van der Waals surface area contributed by atoms with Gasteiger partial charge in [-0.05, 0) is 18.1 Å². The molecular weight excluding hydrogens is 262 g/mol. The molecule has 2 rings (SSSR count). The predicted octanol–water partition coefficient (Wildman–Crippen LogP) is 3.51. The van der Waals surface area contributed by atoms with Gasteiger partial charge < -0.3 is 10.1 Å². The highest BCUT2D eigenvalue weighted by Gasteiger charge is 2.14. The Morgan fingerprint density at radius 2 is 1.76 bits per heavy atom. The van der Waals surface area contributed by atoms with Crippen molar-refractivity contribution >= 4 is 5.91 Å². The molecule has 21 heavy (non-hydrogen) atoms. The highest BCUT2D eigenvalue weighted by atomic mass is 16.5. The third kappa shape index (κ3) is 4.09. The molecule has 0 aliphatic heterocycles. The molecule has 1 N–H and O–H groups in total. The molecule has 0 saturated heterocycles. The van der Waals surface area contributed by atoms with E-state index in [2.05, 4.69) is 12.2 Å². The second-order valence-corrected chi connectivity index (χ2v) is 4.93. The summed E-state index contributed by atoms with van der Waals surface area (Å²) in [6, 6.07) is 17.7. The van der Waals surface area contributed by atoms with Crippen LogP contribution >= 0.6 is 0 Å². The number of carbonyl (C=O) groups excluding carboxylic acids is 1. The van der Waals surface area contributed by atoms with Crippen LogP contribution in [0.3, 0.4) is 0 Å². The predicted molar refractivity (Wildman–Crippen MR) is 84.3 cm³/mol. The van der Waals surface area contributed by atoms with Crippen molar-refractivity contribution in [3.63, 3.8) is 0 Å². The second-order valence-electron chi connectivity index (χ2n) is 4.93. The molecule has 0 aliphatic rings. The number of hydrogen-bond donors (Lipinski definition) is 1. The molecule has 0 bridgehead atoms. The number of hydrogen-bond acceptors (Lipinski definition) is 2. The molecule has 2 aromatic carbocycles. The summed E-state index contributed by atoms with van der Waals surface area (Å²) in [7, 11) is 1.62. The Labute approximate surface area is 126 Å². The van der Waals surface area contributed by atoms with Crippen molar-refractivity contribution < 1.29 is 9.53 Å². The smallest absolute Gasteiger partial charge is 0.225 e. The summed E-state index contributed by atoms with van der Waals surface area (Å²) in [5.74, 6) is 0.760. The van der Waals surface area contributed by atoms with E-state index in [1.54, 1.807) is 7.11 Å². The number of methoxy groups -OCH3 is 1. The van der Waals surface area contributed by atoms with E-state index in [4.69, 9.17) is 4.74 Å². The van der Waals surface area contributed by atoms with Crippen LogP contribution in [-0.2, 0) is 11.2 Å². The average Bonchev–Trinajstić information content (AvgIpc) is 2.54. The van der Waals surface area contributed by atoms with Gasteiger partial charge in [0.15, 0.2) is 0 Å². The van der Waals surface area contributed by atoms with Crippen LogP contribution in [-0.4, -0.2) is 13.0 Å². The SMILES string of the molecule is CCC(NC(=O)Cc1ccccc1OC)c1ccccc1. The van der Waals surface area contributed by atoms with E-state index in [9.17, 15) is 4.79 Å². The molecule has 1 amide bonds. The summed E-state index contributed by atoms with van der Waals surface area (Å²) in [6.45, 7) is 2.07. The van der Waals surface area contributed by atoms with Gasteiger partial charge in [-0.2, -0.15) is 0 Å². The molecule has 0 aromatic heterocycles. The van der Waals surface area contributed by atoms with Gasteiger partial charge in [-0.3, -0.25) is 4.79 Å². The lowest BCUT2D eigenvalue weighted by molar-refractivity contribution is -0.121. The van der Waals surface area contributed by atoms with E-state index < -0.39 is 0 Å². The molecule has 1 atom stereocenters. The first kappa shape index (κ1) is 15.1. The molecule has 0 heterocycles. The van der Waals surface area contributed by atoms with Crippen LogP contribution in [0.4, 0.5) is 0 Å². The number of amides is 1. The minimum absolute atomic E-state index is 0.00945. The lowest BCUT2D eigenvalue weighted by Gasteiger charge is -2.18. The van der Waals surface area contributed by atoms with Crippen LogP contribution in [0.1, 0.15) is 30.5 Å². The molecule has 3 nitrogen and oxygen atoms in total. The van der Waals surface area contributed by atoms with Crippen LogP contribution in [0.2, 0.25) is 0 Å². The van der Waals surface area contributed by atoms with Crippen LogP contribution in [0.25, 0.3) is 0 Å². The summed E-state index contributed by atoms with van der Waals surface area (Å²) in [6.07, 6.45) is 1.19. The van der Waals surface area contributed by atoms with Gasteiger partial charge in [-0.25, -0.2) is 0 Å². The Kier molecular flexibility index (Phi) is 5.38. The fourth-order valence-corrected chi connectivity index (χ4v) is 2.37. The standard InChI is InChI=1S/C18H21NO2/c1-3-16(14-9-5-4-6-10-14)19-18(20)13-15-11-7-8-12-17(15)21-2/h4-12,16H,3,13H2,1-2H3,(H,19,20). The molecule has 3 heteroatoms. The molecule has 2 aromatic rings. The minimum Gasteiger partial charge on any atom is -0.496 e. The third-order valence-electron chi connectivity index (χ3n) is 3.49. The van der Waals surface area contributed by atoms with Crippen molar-refractivity contribution in [3.8, 4) is 5.75 Å². The summed E-state index contributed by atoms with van der Waals surface area (Å²) in [5.41, 5.74) is 2.04. The average molecular weight is 283 g/mol. The Morgan fingerprint density at radius 1 is 1.10 bits per heavy atom. The van der Waals surface area contributed by atoms with Crippen molar-refractivity contribution in [2.24, 2.45) is 0 Å². The van der Waals surface area contributed by atoms with Gasteiger partial charge in [0.1, 0.15) is 5.75 Å². The van der Waals surface area contributed by atoms with Crippen LogP contribution in [0.15, 0.2) is 54.6 Å². The van der Waals surface area contributed by atoms with Gasteiger partial charge in [-0.15, -0.1) is 0 Å². The highest BCUT2D eigenvalue weighted by Crippen LogP contribution is 2.19. The van der Waals surface area contributed by atoms with Gasteiger partial charge in [0.05, 0.1) is 19.6 Å². The molecular formula is C18H21NO2. The Bertz CT molecular complexity index is 581. The maximum atomic E-state index is 12.3. The zero-order valence-corrected chi connectivity index (χ0v) is 12.5. The number of para-hydroxylation sites is 1. The number of rotatable bonds is 6. The fraction of sp³-hybridized carbons (Fsp3) is 0.278. The van der Waals surface area contributed by atoms with E-state index >= 15 is 0 Å². The summed E-state index contributed by atoms with van der Waals surface area (Å²) in [5, 5.41) is 3.09. The maximum Gasteiger partial charge on any atom is 0.225 e. The number of ether oxygens (including phenoxy) is 1. The lowest BCUT2D eigenvalue weighted by atomic mass is 10.0. The Balaban J connectivity index is 2.03. The van der Waals surface area contributed by atoms with E-state index in [1.807, 2.05) is 54.6 Å². The Hall–Kier alpha value is -2.29. The van der Waals surface area contributed by atoms with Crippen molar-refractivity contribution in [3.05, 3.63) is 65.7 Å². The van der Waals surface area contributed by atoms with E-state index in [0.717, 1.165) is 23.3 Å². The largest absolute Gasteiger partial charge is 0.496 e. The molecule has 0 aliphatic carbocycles. The molecule has 0 saturated carbocycles. The maximum absolute atomic E-state index is 12.3. The quantitative estimate of drug-likeness (QED) is 0.881. The number of nitrogens with one attached hydrogen (secondary N) is 1. The van der Waals surface area contributed by atoms with Crippen molar-refractivity contribution in [2.75, 3.05) is 7.11 Å². The first-order valence-electron chi connectivity index (χ1n) is 7.20. The number of benzene rings is 2. The summed E-state index contributed by atoms with van der Waals surface area (Å²) in [4.78, 5) is 12.3. The van der Waals surface area contributed by atoms with Gasteiger partial charge in [0.2, 0.25) is 5.91 Å². The van der Waals surface area contributed by atoms with Crippen LogP contribution < -0.4 is 10.1 Å². The normalized spacial score (nSPS) is 11.7. The van der Waals surface area contributed by atoms with E-state index in [1.165, 1.54) is 0 Å². The zero-order chi connectivity index (χ0) is 15.1. The van der Waals surface area contributed by atoms with E-state index in [0.29, 0.717) is 6.42 Å². The fourth-order valence-electron chi connectivity index (χ4n) is 2.37. The monoisotopic (exact) mass is 283 g/mol. The molecule has 0 spiro atoms. The van der Waals surface area contributed by atoms with Crippen molar-refractivity contribution in [1.82, 2.24) is 5.32 Å². The zero-order valence-electron chi connectivity index (χ0n) is 12.5. The highest BCUT2D eigenvalue weighted by molar-refractivity contribution is 5.79.